The van der Waals surface area contributed by atoms with E-state index >= 15 is 0 Å². The van der Waals surface area contributed by atoms with E-state index < -0.39 is 14.9 Å². The van der Waals surface area contributed by atoms with E-state index in [2.05, 4.69) is 35.9 Å². The number of nitrogens with one attached hydrogen (secondary N) is 1. The number of benzene rings is 1. The average Bonchev–Trinajstić information content (AvgIpc) is 3.29. The Kier molecular flexibility index (Phi) is 7.31. The minimum Gasteiger partial charge on any atom is -0.373 e. The van der Waals surface area contributed by atoms with Crippen molar-refractivity contribution in [2.45, 2.75) is 18.2 Å². The maximum Gasteiger partial charge on any atom is 0.278 e. The van der Waals surface area contributed by atoms with Gasteiger partial charge in [0.2, 0.25) is 0 Å². The summed E-state index contributed by atoms with van der Waals surface area (Å²) in [5.74, 6) is 0. The smallest absolute Gasteiger partial charge is 0.278 e. The lowest BCUT2D eigenvalue weighted by molar-refractivity contribution is -0.385. The summed E-state index contributed by atoms with van der Waals surface area (Å²) in [4.78, 5) is 18.5. The molecule has 0 amide bonds. The summed E-state index contributed by atoms with van der Waals surface area (Å²) in [7, 11) is -2.52. The zero-order valence-corrected chi connectivity index (χ0v) is 21.8. The number of nitro benzene ring substituents is 1. The van der Waals surface area contributed by atoms with Gasteiger partial charge in [-0.2, -0.15) is 23.4 Å². The molecule has 11 nitrogen and oxygen atoms in total. The number of halogens is 1. The second kappa shape index (κ2) is 10.4. The first-order valence-electron chi connectivity index (χ1n) is 10.7. The van der Waals surface area contributed by atoms with Gasteiger partial charge in [-0.05, 0) is 49.2 Å². The van der Waals surface area contributed by atoms with Crippen molar-refractivity contribution in [1.29, 1.82) is 0 Å². The molecule has 1 N–H and O–H groups in total. The number of rotatable bonds is 9. The van der Waals surface area contributed by atoms with Gasteiger partial charge < -0.3 is 4.90 Å². The van der Waals surface area contributed by atoms with E-state index in [1.165, 1.54) is 12.1 Å². The molecule has 0 aliphatic rings. The molecule has 0 spiro atoms. The zero-order valence-electron chi connectivity index (χ0n) is 19.4. The zero-order chi connectivity index (χ0) is 25.9. The van der Waals surface area contributed by atoms with Gasteiger partial charge in [-0.3, -0.25) is 15.1 Å². The highest BCUT2D eigenvalue weighted by Gasteiger charge is 2.24. The third-order valence-electron chi connectivity index (χ3n) is 5.55. The summed E-state index contributed by atoms with van der Waals surface area (Å²) in [6.07, 6.45) is 7.34. The van der Waals surface area contributed by atoms with Crippen molar-refractivity contribution in [3.63, 3.8) is 0 Å². The van der Waals surface area contributed by atoms with Gasteiger partial charge in [0.25, 0.3) is 15.7 Å². The van der Waals surface area contributed by atoms with E-state index in [-0.39, 0.29) is 10.6 Å². The maximum atomic E-state index is 13.3. The van der Waals surface area contributed by atoms with E-state index in [1.807, 2.05) is 24.3 Å². The molecule has 0 aliphatic carbocycles. The number of fused-ring (bicyclic) bond motifs is 1. The first-order chi connectivity index (χ1) is 17.2. The second-order valence-electron chi connectivity index (χ2n) is 7.96. The first kappa shape index (κ1) is 25.3. The topological polar surface area (TPSA) is 135 Å². The fourth-order valence-corrected chi connectivity index (χ4v) is 5.05. The lowest BCUT2D eigenvalue weighted by atomic mass is 10.2. The molecule has 4 rings (SSSR count). The number of nitro groups is 1. The summed E-state index contributed by atoms with van der Waals surface area (Å²) in [6.45, 7) is 2.12. The van der Waals surface area contributed by atoms with E-state index in [4.69, 9.17) is 0 Å². The molecule has 0 atom stereocenters. The van der Waals surface area contributed by atoms with Gasteiger partial charge in [0, 0.05) is 54.4 Å². The van der Waals surface area contributed by atoms with Crippen LogP contribution in [0.1, 0.15) is 18.1 Å². The van der Waals surface area contributed by atoms with Crippen molar-refractivity contribution in [1.82, 2.24) is 19.4 Å². The van der Waals surface area contributed by atoms with Crippen LogP contribution in [0.2, 0.25) is 0 Å². The van der Waals surface area contributed by atoms with E-state index in [1.54, 1.807) is 48.2 Å². The van der Waals surface area contributed by atoms with Crippen LogP contribution in [0.4, 0.5) is 11.4 Å². The van der Waals surface area contributed by atoms with E-state index in [9.17, 15) is 18.5 Å². The summed E-state index contributed by atoms with van der Waals surface area (Å²) in [5, 5.41) is 19.7. The highest BCUT2D eigenvalue weighted by Crippen LogP contribution is 2.29. The summed E-state index contributed by atoms with van der Waals surface area (Å²) in [6, 6.07) is 11.2. The van der Waals surface area contributed by atoms with Gasteiger partial charge in [0.05, 0.1) is 28.0 Å². The minimum absolute atomic E-state index is 0.243. The average molecular weight is 572 g/mol. The van der Waals surface area contributed by atoms with Gasteiger partial charge in [-0.1, -0.05) is 15.9 Å². The first-order valence-corrected chi connectivity index (χ1v) is 13.0. The Hall–Kier alpha value is -3.84. The summed E-state index contributed by atoms with van der Waals surface area (Å²) < 4.78 is 29.1. The molecular formula is C23H22BrN7O4S. The molecule has 4 aromatic rings. The molecule has 0 bridgehead atoms. The molecule has 13 heteroatoms. The lowest BCUT2D eigenvalue weighted by Gasteiger charge is -2.22. The highest BCUT2D eigenvalue weighted by atomic mass is 79.9. The largest absolute Gasteiger partial charge is 0.373 e. The number of hydrazone groups is 1. The van der Waals surface area contributed by atoms with Gasteiger partial charge in [-0.15, -0.1) is 0 Å². The predicted molar refractivity (Wildman–Crippen MR) is 140 cm³/mol. The van der Waals surface area contributed by atoms with Crippen molar-refractivity contribution in [3.05, 3.63) is 93.0 Å². The third-order valence-corrected chi connectivity index (χ3v) is 7.28. The number of nitrogens with zero attached hydrogens (tertiary/aromatic N) is 6. The van der Waals surface area contributed by atoms with Gasteiger partial charge in [-0.25, -0.2) is 4.52 Å². The number of pyridine rings is 2. The van der Waals surface area contributed by atoms with Crippen LogP contribution >= 0.6 is 15.9 Å². The van der Waals surface area contributed by atoms with Crippen LogP contribution in [0.25, 0.3) is 5.52 Å². The van der Waals surface area contributed by atoms with Crippen molar-refractivity contribution in [2.75, 3.05) is 18.5 Å². The van der Waals surface area contributed by atoms with Gasteiger partial charge >= 0.3 is 0 Å². The van der Waals surface area contributed by atoms with Crippen LogP contribution in [-0.4, -0.2) is 47.2 Å². The van der Waals surface area contributed by atoms with Crippen molar-refractivity contribution >= 4 is 48.6 Å². The second-order valence-corrected chi connectivity index (χ2v) is 10.5. The normalized spacial score (nSPS) is 12.0. The number of hydrogen-bond donors (Lipinski definition) is 1. The molecule has 36 heavy (non-hydrogen) atoms. The van der Waals surface area contributed by atoms with Crippen LogP contribution in [0.5, 0.6) is 0 Å². The Labute approximate surface area is 215 Å². The molecule has 3 aromatic heterocycles. The molecule has 0 saturated heterocycles. The third kappa shape index (κ3) is 5.52. The molecule has 186 valence electrons. The minimum atomic E-state index is -4.25. The van der Waals surface area contributed by atoms with E-state index in [0.717, 1.165) is 21.6 Å². The van der Waals surface area contributed by atoms with Gasteiger partial charge in [0.1, 0.15) is 4.90 Å². The Bertz CT molecular complexity index is 1560. The lowest BCUT2D eigenvalue weighted by Crippen LogP contribution is -2.26. The van der Waals surface area contributed by atoms with Crippen LogP contribution in [0.15, 0.2) is 81.7 Å². The SMILES string of the molecule is C/C(=N\NS(=O)(=O)c1cc([N+](=O)[O-])ccc1N(C)CCc1ccncc1)c1cnn2ccc(Br)cc12. The van der Waals surface area contributed by atoms with Crippen LogP contribution in [-0.2, 0) is 16.4 Å². The molecule has 0 radical (unpaired) electrons. The quantitative estimate of drug-likeness (QED) is 0.183. The molecule has 0 aliphatic heterocycles. The monoisotopic (exact) mass is 571 g/mol. The van der Waals surface area contributed by atoms with Crippen molar-refractivity contribution in [2.24, 2.45) is 5.10 Å². The number of sulfonamides is 1. The Morgan fingerprint density at radius 3 is 2.69 bits per heavy atom. The maximum absolute atomic E-state index is 13.3. The molecule has 0 saturated carbocycles. The Balaban J connectivity index is 1.64. The van der Waals surface area contributed by atoms with Crippen molar-refractivity contribution < 1.29 is 13.3 Å². The molecule has 0 unspecified atom stereocenters. The van der Waals surface area contributed by atoms with Crippen molar-refractivity contribution in [3.8, 4) is 0 Å². The number of anilines is 1. The number of likely N-dealkylation sites (N-methyl/N-ethyl adjacent to an activating group) is 1. The molecular weight excluding hydrogens is 550 g/mol. The fraction of sp³-hybridized carbons (Fsp3) is 0.174. The van der Waals surface area contributed by atoms with E-state index in [0.29, 0.717) is 29.9 Å². The van der Waals surface area contributed by atoms with Crippen LogP contribution in [0, 0.1) is 10.1 Å². The molecule has 3 heterocycles. The number of hydrogen-bond acceptors (Lipinski definition) is 8. The van der Waals surface area contributed by atoms with Crippen LogP contribution < -0.4 is 9.73 Å². The molecule has 1 aromatic carbocycles. The Morgan fingerprint density at radius 1 is 1.22 bits per heavy atom. The Morgan fingerprint density at radius 2 is 1.97 bits per heavy atom. The van der Waals surface area contributed by atoms with Gasteiger partial charge in [0.15, 0.2) is 0 Å². The fourth-order valence-electron chi connectivity index (χ4n) is 3.59. The number of non-ortho nitro benzene ring substituents is 1. The standard InChI is InChI=1S/C23H22BrN7O4S/c1-16(20-15-26-30-12-8-18(24)13-22(20)30)27-28-36(34,35)23-14-19(31(32)33)3-4-21(23)29(2)11-7-17-5-9-25-10-6-17/h3-6,8-10,12-15,28H,7,11H2,1-2H3/b27-16+. The number of aromatic nitrogens is 3. The summed E-state index contributed by atoms with van der Waals surface area (Å²) >= 11 is 3.41. The summed E-state index contributed by atoms with van der Waals surface area (Å²) in [5.41, 5.74) is 2.75. The predicted octanol–water partition coefficient (Wildman–Crippen LogP) is 3.78. The highest BCUT2D eigenvalue weighted by molar-refractivity contribution is 9.10. The molecule has 0 fully saturated rings. The van der Waals surface area contributed by atoms with Crippen LogP contribution in [0.3, 0.4) is 0 Å².